The van der Waals surface area contributed by atoms with E-state index in [1.807, 2.05) is 25.1 Å². The summed E-state index contributed by atoms with van der Waals surface area (Å²) in [7, 11) is 1.58. The predicted octanol–water partition coefficient (Wildman–Crippen LogP) is 2.45. The highest BCUT2D eigenvalue weighted by atomic mass is 16.5. The number of amides is 1. The van der Waals surface area contributed by atoms with Gasteiger partial charge in [-0.05, 0) is 25.8 Å². The van der Waals surface area contributed by atoms with Gasteiger partial charge >= 0.3 is 5.97 Å². The molecular formula is C17H23NO4. The molecule has 0 aliphatic heterocycles. The molecule has 0 spiro atoms. The van der Waals surface area contributed by atoms with Gasteiger partial charge in [0, 0.05) is 5.56 Å². The fourth-order valence-electron chi connectivity index (χ4n) is 3.25. The first-order chi connectivity index (χ1) is 10.4. The summed E-state index contributed by atoms with van der Waals surface area (Å²) in [6.07, 6.45) is 3.57. The van der Waals surface area contributed by atoms with Gasteiger partial charge in [-0.3, -0.25) is 9.59 Å². The van der Waals surface area contributed by atoms with E-state index < -0.39 is 11.5 Å². The summed E-state index contributed by atoms with van der Waals surface area (Å²) in [6.45, 7) is 1.96. The molecule has 120 valence electrons. The summed E-state index contributed by atoms with van der Waals surface area (Å²) in [5.41, 5.74) is 1.30. The van der Waals surface area contributed by atoms with Gasteiger partial charge in [0.2, 0.25) is 5.91 Å². The molecule has 0 bridgehead atoms. The lowest BCUT2D eigenvalue weighted by atomic mass is 9.92. The van der Waals surface area contributed by atoms with Crippen LogP contribution in [0.2, 0.25) is 0 Å². The van der Waals surface area contributed by atoms with Crippen molar-refractivity contribution >= 4 is 11.9 Å². The number of benzene rings is 1. The van der Waals surface area contributed by atoms with Gasteiger partial charge in [0.05, 0.1) is 25.5 Å². The topological polar surface area (TPSA) is 75.6 Å². The van der Waals surface area contributed by atoms with Crippen molar-refractivity contribution in [2.45, 2.75) is 51.0 Å². The lowest BCUT2D eigenvalue weighted by molar-refractivity contribution is -0.139. The SMILES string of the molecule is COc1ccc(C)cc1CC(=O)NC1(CC(=O)O)CCCC1. The first-order valence-electron chi connectivity index (χ1n) is 7.60. The Kier molecular flexibility index (Phi) is 5.06. The zero-order valence-electron chi connectivity index (χ0n) is 13.1. The summed E-state index contributed by atoms with van der Waals surface area (Å²) >= 11 is 0. The molecule has 1 aromatic carbocycles. The van der Waals surface area contributed by atoms with Gasteiger partial charge in [0.25, 0.3) is 0 Å². The average molecular weight is 305 g/mol. The van der Waals surface area contributed by atoms with Crippen molar-refractivity contribution in [1.29, 1.82) is 0 Å². The standard InChI is InChI=1S/C17H23NO4/c1-12-5-6-14(22-2)13(9-12)10-15(19)18-17(11-16(20)21)7-3-4-8-17/h5-6,9H,3-4,7-8,10-11H2,1-2H3,(H,18,19)(H,20,21). The fourth-order valence-corrected chi connectivity index (χ4v) is 3.25. The van der Waals surface area contributed by atoms with Crippen LogP contribution in [0, 0.1) is 6.92 Å². The first-order valence-corrected chi connectivity index (χ1v) is 7.60. The number of carboxylic acid groups (broad SMARTS) is 1. The van der Waals surface area contributed by atoms with E-state index in [2.05, 4.69) is 5.32 Å². The molecule has 1 aromatic rings. The molecule has 1 aliphatic rings. The molecule has 0 heterocycles. The zero-order valence-corrected chi connectivity index (χ0v) is 13.1. The van der Waals surface area contributed by atoms with E-state index in [1.54, 1.807) is 7.11 Å². The van der Waals surface area contributed by atoms with E-state index in [0.29, 0.717) is 5.75 Å². The third kappa shape index (κ3) is 4.00. The molecule has 5 nitrogen and oxygen atoms in total. The van der Waals surface area contributed by atoms with Gasteiger partial charge in [-0.2, -0.15) is 0 Å². The number of hydrogen-bond acceptors (Lipinski definition) is 3. The number of rotatable bonds is 6. The molecule has 1 saturated carbocycles. The number of ether oxygens (including phenoxy) is 1. The number of carboxylic acids is 1. The summed E-state index contributed by atoms with van der Waals surface area (Å²) in [6, 6.07) is 5.71. The average Bonchev–Trinajstić information content (AvgIpc) is 2.85. The Morgan fingerprint density at radius 2 is 2.00 bits per heavy atom. The molecule has 0 radical (unpaired) electrons. The number of hydrogen-bond donors (Lipinski definition) is 2. The third-order valence-electron chi connectivity index (χ3n) is 4.24. The molecule has 2 N–H and O–H groups in total. The maximum atomic E-state index is 12.4. The van der Waals surface area contributed by atoms with Crippen molar-refractivity contribution < 1.29 is 19.4 Å². The Bertz CT molecular complexity index is 562. The molecule has 1 aliphatic carbocycles. The Morgan fingerprint density at radius 1 is 1.32 bits per heavy atom. The largest absolute Gasteiger partial charge is 0.496 e. The zero-order chi connectivity index (χ0) is 16.2. The maximum Gasteiger partial charge on any atom is 0.305 e. The number of aryl methyl sites for hydroxylation is 1. The second-order valence-corrected chi connectivity index (χ2v) is 6.10. The van der Waals surface area contributed by atoms with Gasteiger partial charge in [-0.15, -0.1) is 0 Å². The van der Waals surface area contributed by atoms with E-state index in [0.717, 1.165) is 36.8 Å². The van der Waals surface area contributed by atoms with Crippen molar-refractivity contribution in [1.82, 2.24) is 5.32 Å². The highest BCUT2D eigenvalue weighted by Crippen LogP contribution is 2.33. The van der Waals surface area contributed by atoms with Crippen LogP contribution < -0.4 is 10.1 Å². The Balaban J connectivity index is 2.08. The minimum atomic E-state index is -0.865. The van der Waals surface area contributed by atoms with E-state index in [9.17, 15) is 9.59 Å². The molecule has 1 amide bonds. The molecule has 5 heteroatoms. The molecule has 1 fully saturated rings. The minimum absolute atomic E-state index is 0.0102. The van der Waals surface area contributed by atoms with Crippen molar-refractivity contribution in [3.63, 3.8) is 0 Å². The van der Waals surface area contributed by atoms with Gasteiger partial charge in [-0.25, -0.2) is 0 Å². The van der Waals surface area contributed by atoms with Crippen LogP contribution >= 0.6 is 0 Å². The van der Waals surface area contributed by atoms with Crippen LogP contribution in [0.25, 0.3) is 0 Å². The highest BCUT2D eigenvalue weighted by Gasteiger charge is 2.37. The van der Waals surface area contributed by atoms with Gasteiger partial charge in [0.1, 0.15) is 5.75 Å². The second kappa shape index (κ2) is 6.81. The second-order valence-electron chi connectivity index (χ2n) is 6.10. The molecule has 0 unspecified atom stereocenters. The number of methoxy groups -OCH3 is 1. The lowest BCUT2D eigenvalue weighted by Gasteiger charge is -2.28. The van der Waals surface area contributed by atoms with Crippen molar-refractivity contribution in [2.75, 3.05) is 7.11 Å². The van der Waals surface area contributed by atoms with Crippen LogP contribution in [0.15, 0.2) is 18.2 Å². The fraction of sp³-hybridized carbons (Fsp3) is 0.529. The quantitative estimate of drug-likeness (QED) is 0.846. The number of nitrogens with one attached hydrogen (secondary N) is 1. The molecule has 0 saturated heterocycles. The minimum Gasteiger partial charge on any atom is -0.496 e. The van der Waals surface area contributed by atoms with Crippen LogP contribution in [-0.2, 0) is 16.0 Å². The Labute approximate surface area is 130 Å². The normalized spacial score (nSPS) is 16.3. The molecule has 2 rings (SSSR count). The van der Waals surface area contributed by atoms with Crippen LogP contribution in [-0.4, -0.2) is 29.6 Å². The smallest absolute Gasteiger partial charge is 0.305 e. The van der Waals surface area contributed by atoms with E-state index in [1.165, 1.54) is 0 Å². The van der Waals surface area contributed by atoms with Crippen molar-refractivity contribution in [2.24, 2.45) is 0 Å². The molecule has 22 heavy (non-hydrogen) atoms. The van der Waals surface area contributed by atoms with E-state index in [-0.39, 0.29) is 18.7 Å². The van der Waals surface area contributed by atoms with Gasteiger partial charge in [0.15, 0.2) is 0 Å². The van der Waals surface area contributed by atoms with E-state index >= 15 is 0 Å². The summed E-state index contributed by atoms with van der Waals surface area (Å²) in [5.74, 6) is -0.332. The molecule has 0 atom stereocenters. The summed E-state index contributed by atoms with van der Waals surface area (Å²) < 4.78 is 5.29. The Morgan fingerprint density at radius 3 is 2.59 bits per heavy atom. The van der Waals surface area contributed by atoms with Gasteiger partial charge in [-0.1, -0.05) is 30.5 Å². The van der Waals surface area contributed by atoms with E-state index in [4.69, 9.17) is 9.84 Å². The predicted molar refractivity (Wildman–Crippen MR) is 83.0 cm³/mol. The number of carbonyl (C=O) groups is 2. The maximum absolute atomic E-state index is 12.4. The van der Waals surface area contributed by atoms with Gasteiger partial charge < -0.3 is 15.2 Å². The van der Waals surface area contributed by atoms with Crippen LogP contribution in [0.5, 0.6) is 5.75 Å². The van der Waals surface area contributed by atoms with Crippen molar-refractivity contribution in [3.05, 3.63) is 29.3 Å². The third-order valence-corrected chi connectivity index (χ3v) is 4.24. The number of carbonyl (C=O) groups excluding carboxylic acids is 1. The van der Waals surface area contributed by atoms with Crippen LogP contribution in [0.1, 0.15) is 43.2 Å². The monoisotopic (exact) mass is 305 g/mol. The summed E-state index contributed by atoms with van der Waals surface area (Å²) in [4.78, 5) is 23.4. The highest BCUT2D eigenvalue weighted by molar-refractivity contribution is 5.81. The summed E-state index contributed by atoms with van der Waals surface area (Å²) in [5, 5.41) is 12.1. The van der Waals surface area contributed by atoms with Crippen molar-refractivity contribution in [3.8, 4) is 5.75 Å². The number of aliphatic carboxylic acids is 1. The van der Waals surface area contributed by atoms with Crippen LogP contribution in [0.3, 0.4) is 0 Å². The molecular weight excluding hydrogens is 282 g/mol. The Hall–Kier alpha value is -2.04. The molecule has 0 aromatic heterocycles. The van der Waals surface area contributed by atoms with Crippen LogP contribution in [0.4, 0.5) is 0 Å². The first kappa shape index (κ1) is 16.3. The lowest BCUT2D eigenvalue weighted by Crippen LogP contribution is -2.48.